The van der Waals surface area contributed by atoms with Gasteiger partial charge in [0.05, 0.1) is 12.9 Å². The molecule has 1 unspecified atom stereocenters. The first-order chi connectivity index (χ1) is 9.70. The molecule has 1 aromatic heterocycles. The van der Waals surface area contributed by atoms with E-state index in [1.165, 1.54) is 12.1 Å². The average molecular weight is 277 g/mol. The molecule has 0 aliphatic carbocycles. The summed E-state index contributed by atoms with van der Waals surface area (Å²) in [5.41, 5.74) is 0.969. The van der Waals surface area contributed by atoms with Crippen molar-refractivity contribution in [2.75, 3.05) is 13.7 Å². The molecule has 0 amide bonds. The van der Waals surface area contributed by atoms with Crippen molar-refractivity contribution in [2.45, 2.75) is 25.9 Å². The number of benzene rings is 1. The Morgan fingerprint density at radius 2 is 2.30 bits per heavy atom. The van der Waals surface area contributed by atoms with E-state index >= 15 is 0 Å². The molecule has 1 heterocycles. The lowest BCUT2D eigenvalue weighted by Crippen LogP contribution is -2.14. The van der Waals surface area contributed by atoms with E-state index in [2.05, 4.69) is 10.3 Å². The van der Waals surface area contributed by atoms with Gasteiger partial charge in [0, 0.05) is 36.6 Å². The van der Waals surface area contributed by atoms with Gasteiger partial charge in [-0.1, -0.05) is 6.07 Å². The number of nitrogens with one attached hydrogen (secondary N) is 1. The minimum absolute atomic E-state index is 0.124. The SMILES string of the molecule is CNC(C)c1ccc(F)cc1OCCCn1ccnc1. The molecular formula is C15H20FN3O. The van der Waals surface area contributed by atoms with E-state index in [1.54, 1.807) is 18.6 Å². The van der Waals surface area contributed by atoms with Gasteiger partial charge in [-0.05, 0) is 26.5 Å². The molecule has 2 aromatic rings. The Morgan fingerprint density at radius 1 is 1.45 bits per heavy atom. The Balaban J connectivity index is 1.92. The zero-order valence-corrected chi connectivity index (χ0v) is 11.8. The summed E-state index contributed by atoms with van der Waals surface area (Å²) in [5.74, 6) is 0.333. The van der Waals surface area contributed by atoms with E-state index in [9.17, 15) is 4.39 Å². The van der Waals surface area contributed by atoms with Crippen molar-refractivity contribution >= 4 is 0 Å². The molecule has 0 saturated heterocycles. The average Bonchev–Trinajstić information content (AvgIpc) is 2.96. The number of hydrogen-bond acceptors (Lipinski definition) is 3. The molecule has 0 aliphatic heterocycles. The van der Waals surface area contributed by atoms with Crippen LogP contribution in [-0.2, 0) is 6.54 Å². The third-order valence-electron chi connectivity index (χ3n) is 3.25. The van der Waals surface area contributed by atoms with E-state index in [1.807, 2.05) is 24.7 Å². The van der Waals surface area contributed by atoms with Crippen LogP contribution in [-0.4, -0.2) is 23.2 Å². The summed E-state index contributed by atoms with van der Waals surface area (Å²) in [6.07, 6.45) is 6.29. The fourth-order valence-electron chi connectivity index (χ4n) is 1.99. The maximum absolute atomic E-state index is 13.3. The Bertz CT molecular complexity index is 528. The van der Waals surface area contributed by atoms with Gasteiger partial charge in [0.1, 0.15) is 11.6 Å². The Morgan fingerprint density at radius 3 is 3.00 bits per heavy atom. The summed E-state index contributed by atoms with van der Waals surface area (Å²) in [4.78, 5) is 3.98. The number of hydrogen-bond donors (Lipinski definition) is 1. The van der Waals surface area contributed by atoms with Gasteiger partial charge in [0.15, 0.2) is 0 Å². The predicted octanol–water partition coefficient (Wildman–Crippen LogP) is 2.77. The largest absolute Gasteiger partial charge is 0.493 e. The first kappa shape index (κ1) is 14.5. The third kappa shape index (κ3) is 3.81. The Labute approximate surface area is 118 Å². The van der Waals surface area contributed by atoms with E-state index in [-0.39, 0.29) is 11.9 Å². The number of ether oxygens (including phenoxy) is 1. The second kappa shape index (κ2) is 7.05. The Hall–Kier alpha value is -1.88. The predicted molar refractivity (Wildman–Crippen MR) is 76.2 cm³/mol. The maximum Gasteiger partial charge on any atom is 0.126 e. The first-order valence-electron chi connectivity index (χ1n) is 6.76. The summed E-state index contributed by atoms with van der Waals surface area (Å²) in [6.45, 7) is 3.41. The molecule has 108 valence electrons. The lowest BCUT2D eigenvalue weighted by molar-refractivity contribution is 0.295. The van der Waals surface area contributed by atoms with Crippen LogP contribution in [0, 0.1) is 5.82 Å². The van der Waals surface area contributed by atoms with E-state index in [4.69, 9.17) is 4.74 Å². The summed E-state index contributed by atoms with van der Waals surface area (Å²) >= 11 is 0. The molecule has 0 spiro atoms. The smallest absolute Gasteiger partial charge is 0.126 e. The molecule has 0 bridgehead atoms. The summed E-state index contributed by atoms with van der Waals surface area (Å²) in [5, 5.41) is 3.14. The molecule has 5 heteroatoms. The van der Waals surface area contributed by atoms with Crippen LogP contribution in [0.5, 0.6) is 5.75 Å². The van der Waals surface area contributed by atoms with Gasteiger partial charge in [-0.2, -0.15) is 0 Å². The monoisotopic (exact) mass is 277 g/mol. The van der Waals surface area contributed by atoms with Crippen LogP contribution in [0.3, 0.4) is 0 Å². The van der Waals surface area contributed by atoms with Gasteiger partial charge in [-0.25, -0.2) is 9.37 Å². The fourth-order valence-corrected chi connectivity index (χ4v) is 1.99. The van der Waals surface area contributed by atoms with Gasteiger partial charge in [0.25, 0.3) is 0 Å². The minimum Gasteiger partial charge on any atom is -0.493 e. The second-order valence-electron chi connectivity index (χ2n) is 4.70. The molecule has 0 fully saturated rings. The highest BCUT2D eigenvalue weighted by molar-refractivity contribution is 5.36. The number of rotatable bonds is 7. The minimum atomic E-state index is -0.276. The number of imidazole rings is 1. The quantitative estimate of drug-likeness (QED) is 0.791. The highest BCUT2D eigenvalue weighted by Gasteiger charge is 2.11. The Kier molecular flexibility index (Phi) is 5.12. The third-order valence-corrected chi connectivity index (χ3v) is 3.25. The molecule has 1 aromatic carbocycles. The molecule has 0 radical (unpaired) electrons. The van der Waals surface area contributed by atoms with Crippen LogP contribution in [0.15, 0.2) is 36.9 Å². The van der Waals surface area contributed by atoms with Crippen molar-refractivity contribution in [1.82, 2.24) is 14.9 Å². The molecule has 0 saturated carbocycles. The van der Waals surface area contributed by atoms with Crippen molar-refractivity contribution in [3.63, 3.8) is 0 Å². The summed E-state index contributed by atoms with van der Waals surface area (Å²) < 4.78 is 21.1. The van der Waals surface area contributed by atoms with Crippen LogP contribution in [0.4, 0.5) is 4.39 Å². The van der Waals surface area contributed by atoms with E-state index in [0.717, 1.165) is 18.5 Å². The van der Waals surface area contributed by atoms with Gasteiger partial charge in [0.2, 0.25) is 0 Å². The van der Waals surface area contributed by atoms with Crippen LogP contribution in [0.2, 0.25) is 0 Å². The first-order valence-corrected chi connectivity index (χ1v) is 6.76. The second-order valence-corrected chi connectivity index (χ2v) is 4.70. The van der Waals surface area contributed by atoms with E-state index < -0.39 is 0 Å². The standard InChI is InChI=1S/C15H20FN3O/c1-12(17-2)14-5-4-13(16)10-15(14)20-9-3-7-19-8-6-18-11-19/h4-6,8,10-12,17H,3,7,9H2,1-2H3. The zero-order valence-electron chi connectivity index (χ0n) is 11.8. The van der Waals surface area contributed by atoms with Gasteiger partial charge in [-0.3, -0.25) is 0 Å². The lowest BCUT2D eigenvalue weighted by atomic mass is 10.1. The van der Waals surface area contributed by atoms with Crippen molar-refractivity contribution in [3.05, 3.63) is 48.3 Å². The van der Waals surface area contributed by atoms with Crippen LogP contribution >= 0.6 is 0 Å². The highest BCUT2D eigenvalue weighted by Crippen LogP contribution is 2.26. The van der Waals surface area contributed by atoms with Crippen molar-refractivity contribution < 1.29 is 9.13 Å². The number of aryl methyl sites for hydroxylation is 1. The summed E-state index contributed by atoms with van der Waals surface area (Å²) in [6, 6.07) is 4.79. The number of halogens is 1. The van der Waals surface area contributed by atoms with Crippen molar-refractivity contribution in [3.8, 4) is 5.75 Å². The molecule has 1 atom stereocenters. The molecule has 4 nitrogen and oxygen atoms in total. The molecule has 0 aliphatic rings. The zero-order chi connectivity index (χ0) is 14.4. The van der Waals surface area contributed by atoms with E-state index in [0.29, 0.717) is 12.4 Å². The van der Waals surface area contributed by atoms with Crippen LogP contribution < -0.4 is 10.1 Å². The molecular weight excluding hydrogens is 257 g/mol. The summed E-state index contributed by atoms with van der Waals surface area (Å²) in [7, 11) is 1.87. The number of aromatic nitrogens is 2. The van der Waals surface area contributed by atoms with Gasteiger partial charge in [-0.15, -0.1) is 0 Å². The van der Waals surface area contributed by atoms with Gasteiger partial charge < -0.3 is 14.6 Å². The fraction of sp³-hybridized carbons (Fsp3) is 0.400. The topological polar surface area (TPSA) is 39.1 Å². The van der Waals surface area contributed by atoms with Crippen molar-refractivity contribution in [1.29, 1.82) is 0 Å². The molecule has 2 rings (SSSR count). The van der Waals surface area contributed by atoms with Crippen LogP contribution in [0.25, 0.3) is 0 Å². The normalized spacial score (nSPS) is 12.3. The van der Waals surface area contributed by atoms with Crippen molar-refractivity contribution in [2.24, 2.45) is 0 Å². The maximum atomic E-state index is 13.3. The number of nitrogens with zero attached hydrogens (tertiary/aromatic N) is 2. The lowest BCUT2D eigenvalue weighted by Gasteiger charge is -2.16. The molecule has 1 N–H and O–H groups in total. The molecule has 20 heavy (non-hydrogen) atoms. The van der Waals surface area contributed by atoms with Gasteiger partial charge >= 0.3 is 0 Å². The highest BCUT2D eigenvalue weighted by atomic mass is 19.1. The van der Waals surface area contributed by atoms with Crippen LogP contribution in [0.1, 0.15) is 24.9 Å².